The molecule has 158 valence electrons. The van der Waals surface area contributed by atoms with Crippen LogP contribution < -0.4 is 10.6 Å². The van der Waals surface area contributed by atoms with Gasteiger partial charge in [0, 0.05) is 38.4 Å². The molecule has 7 heteroatoms. The van der Waals surface area contributed by atoms with Crippen molar-refractivity contribution in [1.29, 1.82) is 5.26 Å². The molecule has 7 nitrogen and oxygen atoms in total. The summed E-state index contributed by atoms with van der Waals surface area (Å²) >= 11 is 0. The largest absolute Gasteiger partial charge is 0.395 e. The van der Waals surface area contributed by atoms with Gasteiger partial charge in [0.05, 0.1) is 19.8 Å². The Morgan fingerprint density at radius 2 is 1.90 bits per heavy atom. The van der Waals surface area contributed by atoms with Crippen LogP contribution >= 0.6 is 0 Å². The molecule has 3 N–H and O–H groups in total. The summed E-state index contributed by atoms with van der Waals surface area (Å²) in [6, 6.07) is 14.1. The number of nitrogens with zero attached hydrogens (tertiary/aromatic N) is 2. The van der Waals surface area contributed by atoms with Gasteiger partial charge in [-0.1, -0.05) is 18.2 Å². The lowest BCUT2D eigenvalue weighted by Crippen LogP contribution is -2.38. The Hall–Kier alpha value is -2.92. The maximum absolute atomic E-state index is 12.1. The molecule has 0 radical (unpaired) electrons. The van der Waals surface area contributed by atoms with Crippen molar-refractivity contribution in [2.45, 2.75) is 6.92 Å². The molecule has 0 aliphatic carbocycles. The van der Waals surface area contributed by atoms with Crippen LogP contribution in [0, 0.1) is 11.3 Å². The smallest absolute Gasteiger partial charge is 0.262 e. The van der Waals surface area contributed by atoms with Gasteiger partial charge in [0.2, 0.25) is 0 Å². The van der Waals surface area contributed by atoms with Crippen molar-refractivity contribution < 1.29 is 14.6 Å². The second-order valence-corrected chi connectivity index (χ2v) is 7.25. The first-order valence-electron chi connectivity index (χ1n) is 10.2. The molecule has 3 rings (SSSR count). The predicted molar refractivity (Wildman–Crippen MR) is 118 cm³/mol. The van der Waals surface area contributed by atoms with Gasteiger partial charge in [0.25, 0.3) is 5.91 Å². The van der Waals surface area contributed by atoms with Crippen LogP contribution in [0.15, 0.2) is 42.0 Å². The first-order chi connectivity index (χ1) is 14.6. The first-order valence-corrected chi connectivity index (χ1v) is 10.2. The van der Waals surface area contributed by atoms with Gasteiger partial charge < -0.3 is 20.5 Å². The van der Waals surface area contributed by atoms with Crippen molar-refractivity contribution in [3.63, 3.8) is 0 Å². The average Bonchev–Trinajstić information content (AvgIpc) is 2.78. The molecule has 1 aliphatic heterocycles. The SMILES string of the molecule is C/C(=C(/C#N)C(=O)NCCO)c1ccc2cc(NCCN3CCOCC3)ccc2c1. The van der Waals surface area contributed by atoms with E-state index < -0.39 is 5.91 Å². The summed E-state index contributed by atoms with van der Waals surface area (Å²) in [5.74, 6) is -0.469. The van der Waals surface area contributed by atoms with E-state index in [1.54, 1.807) is 6.92 Å². The number of hydrogen-bond acceptors (Lipinski definition) is 6. The minimum Gasteiger partial charge on any atom is -0.395 e. The van der Waals surface area contributed by atoms with E-state index in [-0.39, 0.29) is 18.7 Å². The lowest BCUT2D eigenvalue weighted by molar-refractivity contribution is -0.117. The molecule has 30 heavy (non-hydrogen) atoms. The summed E-state index contributed by atoms with van der Waals surface area (Å²) in [6.07, 6.45) is 0. The summed E-state index contributed by atoms with van der Waals surface area (Å²) < 4.78 is 5.38. The van der Waals surface area contributed by atoms with Crippen LogP contribution in [0.3, 0.4) is 0 Å². The molecule has 0 atom stereocenters. The number of aliphatic hydroxyl groups is 1. The second kappa shape index (κ2) is 10.7. The minimum atomic E-state index is -0.469. The molecule has 2 aromatic carbocycles. The van der Waals surface area contributed by atoms with Crippen molar-refractivity contribution in [2.24, 2.45) is 0 Å². The number of benzene rings is 2. The summed E-state index contributed by atoms with van der Waals surface area (Å²) in [7, 11) is 0. The molecule has 0 aromatic heterocycles. The predicted octanol–water partition coefficient (Wildman–Crippen LogP) is 1.99. The highest BCUT2D eigenvalue weighted by Gasteiger charge is 2.14. The van der Waals surface area contributed by atoms with E-state index in [0.717, 1.165) is 61.4 Å². The number of allylic oxidation sites excluding steroid dienone is 1. The number of aliphatic hydroxyl groups excluding tert-OH is 1. The number of fused-ring (bicyclic) bond motifs is 1. The van der Waals surface area contributed by atoms with Crippen LogP contribution in [0.1, 0.15) is 12.5 Å². The maximum Gasteiger partial charge on any atom is 0.262 e. The Morgan fingerprint density at radius 3 is 2.63 bits per heavy atom. The van der Waals surface area contributed by atoms with Crippen molar-refractivity contribution in [3.05, 3.63) is 47.5 Å². The van der Waals surface area contributed by atoms with E-state index >= 15 is 0 Å². The third-order valence-electron chi connectivity index (χ3n) is 5.25. The van der Waals surface area contributed by atoms with E-state index in [0.29, 0.717) is 5.57 Å². The second-order valence-electron chi connectivity index (χ2n) is 7.25. The van der Waals surface area contributed by atoms with Crippen LogP contribution in [0.2, 0.25) is 0 Å². The lowest BCUT2D eigenvalue weighted by atomic mass is 9.98. The topological polar surface area (TPSA) is 97.6 Å². The third kappa shape index (κ3) is 5.57. The van der Waals surface area contributed by atoms with Gasteiger partial charge in [0.1, 0.15) is 11.6 Å². The van der Waals surface area contributed by atoms with E-state index in [1.165, 1.54) is 0 Å². The molecule has 2 aromatic rings. The van der Waals surface area contributed by atoms with Crippen molar-refractivity contribution in [3.8, 4) is 6.07 Å². The Labute approximate surface area is 176 Å². The molecule has 0 unspecified atom stereocenters. The monoisotopic (exact) mass is 408 g/mol. The number of carbonyl (C=O) groups excluding carboxylic acids is 1. The molecule has 1 amide bonds. The Balaban J connectivity index is 1.70. The summed E-state index contributed by atoms with van der Waals surface area (Å²) in [4.78, 5) is 14.5. The molecule has 0 saturated carbocycles. The number of ether oxygens (including phenoxy) is 1. The highest BCUT2D eigenvalue weighted by molar-refractivity contribution is 6.05. The van der Waals surface area contributed by atoms with Crippen molar-refractivity contribution in [1.82, 2.24) is 10.2 Å². The fraction of sp³-hybridized carbons (Fsp3) is 0.391. The molecule has 0 spiro atoms. The fourth-order valence-electron chi connectivity index (χ4n) is 3.48. The van der Waals surface area contributed by atoms with Gasteiger partial charge in [-0.15, -0.1) is 0 Å². The lowest BCUT2D eigenvalue weighted by Gasteiger charge is -2.26. The maximum atomic E-state index is 12.1. The van der Waals surface area contributed by atoms with Crippen LogP contribution in [0.25, 0.3) is 16.3 Å². The Morgan fingerprint density at radius 1 is 1.17 bits per heavy atom. The van der Waals surface area contributed by atoms with E-state index in [1.807, 2.05) is 36.4 Å². The van der Waals surface area contributed by atoms with Gasteiger partial charge in [-0.05, 0) is 47.0 Å². The van der Waals surface area contributed by atoms with E-state index in [2.05, 4.69) is 21.6 Å². The number of nitriles is 1. The number of amides is 1. The molecular formula is C23H28N4O3. The summed E-state index contributed by atoms with van der Waals surface area (Å²) in [5.41, 5.74) is 2.56. The number of anilines is 1. The van der Waals surface area contributed by atoms with Gasteiger partial charge in [-0.25, -0.2) is 0 Å². The van der Waals surface area contributed by atoms with Crippen LogP contribution in [-0.4, -0.2) is 68.5 Å². The molecule has 0 bridgehead atoms. The average molecular weight is 409 g/mol. The van der Waals surface area contributed by atoms with Gasteiger partial charge in [0.15, 0.2) is 0 Å². The number of carbonyl (C=O) groups is 1. The Bertz CT molecular complexity index is 959. The minimum absolute atomic E-state index is 0.0594. The van der Waals surface area contributed by atoms with Crippen molar-refractivity contribution in [2.75, 3.05) is 57.9 Å². The number of nitrogens with one attached hydrogen (secondary N) is 2. The standard InChI is InChI=1S/C23H28N4O3/c1-17(22(16-24)23(29)26-7-11-28)18-2-3-20-15-21(5-4-19(20)14-18)25-6-8-27-9-12-30-13-10-27/h2-5,14-15,25,28H,6-13H2,1H3,(H,26,29)/b22-17+. The molecule has 1 heterocycles. The zero-order chi connectivity index (χ0) is 21.3. The quantitative estimate of drug-likeness (QED) is 0.457. The normalized spacial score (nSPS) is 15.4. The molecule has 1 fully saturated rings. The number of morpholine rings is 1. The first kappa shape index (κ1) is 21.8. The fourth-order valence-corrected chi connectivity index (χ4v) is 3.48. The van der Waals surface area contributed by atoms with Gasteiger partial charge >= 0.3 is 0 Å². The van der Waals surface area contributed by atoms with Crippen LogP contribution in [0.4, 0.5) is 5.69 Å². The van der Waals surface area contributed by atoms with Crippen LogP contribution in [-0.2, 0) is 9.53 Å². The summed E-state index contributed by atoms with van der Waals surface area (Å²) in [5, 5.41) is 26.4. The molecule has 1 aliphatic rings. The number of hydrogen-bond donors (Lipinski definition) is 3. The zero-order valence-electron chi connectivity index (χ0n) is 17.3. The third-order valence-corrected chi connectivity index (χ3v) is 5.25. The van der Waals surface area contributed by atoms with Gasteiger partial charge in [-0.2, -0.15) is 5.26 Å². The van der Waals surface area contributed by atoms with Crippen molar-refractivity contribution >= 4 is 27.9 Å². The Kier molecular flexibility index (Phi) is 7.80. The number of rotatable bonds is 8. The summed E-state index contributed by atoms with van der Waals surface area (Å²) in [6.45, 7) is 7.17. The van der Waals surface area contributed by atoms with E-state index in [4.69, 9.17) is 9.84 Å². The highest BCUT2D eigenvalue weighted by atomic mass is 16.5. The highest BCUT2D eigenvalue weighted by Crippen LogP contribution is 2.25. The molecule has 1 saturated heterocycles. The van der Waals surface area contributed by atoms with Crippen LogP contribution in [0.5, 0.6) is 0 Å². The molecular weight excluding hydrogens is 380 g/mol. The van der Waals surface area contributed by atoms with Gasteiger partial charge in [-0.3, -0.25) is 9.69 Å². The van der Waals surface area contributed by atoms with E-state index in [9.17, 15) is 10.1 Å². The zero-order valence-corrected chi connectivity index (χ0v) is 17.3.